The fraction of sp³-hybridized carbons (Fsp3) is 0. The Balaban J connectivity index is 1.19. The number of thiophene rings is 1. The van der Waals surface area contributed by atoms with Crippen LogP contribution in [0.15, 0.2) is 162 Å². The Bertz CT molecular complexity index is 3190. The summed E-state index contributed by atoms with van der Waals surface area (Å²) in [7, 11) is 0. The third-order valence-electron chi connectivity index (χ3n) is 9.92. The van der Waals surface area contributed by atoms with Crippen LogP contribution in [-0.4, -0.2) is 19.9 Å². The van der Waals surface area contributed by atoms with Crippen molar-refractivity contribution < 1.29 is 4.42 Å². The number of benzene rings is 7. The van der Waals surface area contributed by atoms with Crippen molar-refractivity contribution in [1.82, 2.24) is 19.9 Å². The SMILES string of the molecule is c1ccc(-c2nc(-c3ccc4c(c3)nc(-c3ccccc3)c3ccc5sc6ccccc6c5c34)nc(-c3cccc4c3oc3ccccc34)n2)cc1. The van der Waals surface area contributed by atoms with E-state index in [0.29, 0.717) is 17.5 Å². The van der Waals surface area contributed by atoms with Gasteiger partial charge in [-0.2, -0.15) is 0 Å². The summed E-state index contributed by atoms with van der Waals surface area (Å²) in [6.45, 7) is 0. The minimum Gasteiger partial charge on any atom is -0.455 e. The molecule has 4 aromatic heterocycles. The second kappa shape index (κ2) is 11.4. The Hall–Kier alpha value is -6.76. The van der Waals surface area contributed by atoms with Gasteiger partial charge in [0.15, 0.2) is 17.5 Å². The quantitative estimate of drug-likeness (QED) is 0.173. The first-order valence-electron chi connectivity index (χ1n) is 17.2. The van der Waals surface area contributed by atoms with Crippen molar-refractivity contribution in [2.75, 3.05) is 0 Å². The molecule has 0 saturated carbocycles. The van der Waals surface area contributed by atoms with Gasteiger partial charge in [-0.3, -0.25) is 0 Å². The van der Waals surface area contributed by atoms with Crippen molar-refractivity contribution in [3.8, 4) is 45.4 Å². The molecule has 4 heterocycles. The van der Waals surface area contributed by atoms with Gasteiger partial charge in [-0.15, -0.1) is 11.3 Å². The van der Waals surface area contributed by atoms with E-state index in [4.69, 9.17) is 24.4 Å². The molecular weight excluding hydrogens is 657 g/mol. The predicted octanol–water partition coefficient (Wildman–Crippen LogP) is 12.5. The second-order valence-corrected chi connectivity index (χ2v) is 14.1. The third-order valence-corrected chi connectivity index (χ3v) is 11.1. The van der Waals surface area contributed by atoms with E-state index in [1.54, 1.807) is 0 Å². The topological polar surface area (TPSA) is 64.7 Å². The van der Waals surface area contributed by atoms with Crippen molar-refractivity contribution in [2.24, 2.45) is 0 Å². The van der Waals surface area contributed by atoms with Crippen LogP contribution in [0.25, 0.3) is 109 Å². The summed E-state index contributed by atoms with van der Waals surface area (Å²) in [6, 6.07) is 54.4. The normalized spacial score (nSPS) is 11.8. The summed E-state index contributed by atoms with van der Waals surface area (Å²) in [5.74, 6) is 1.72. The smallest absolute Gasteiger partial charge is 0.167 e. The number of para-hydroxylation sites is 2. The van der Waals surface area contributed by atoms with E-state index in [0.717, 1.165) is 66.2 Å². The number of furan rings is 1. The van der Waals surface area contributed by atoms with E-state index in [2.05, 4.69) is 91.0 Å². The number of rotatable bonds is 4. The minimum atomic E-state index is 0.552. The van der Waals surface area contributed by atoms with Crippen molar-refractivity contribution in [2.45, 2.75) is 0 Å². The van der Waals surface area contributed by atoms with E-state index in [-0.39, 0.29) is 0 Å². The zero-order valence-corrected chi connectivity index (χ0v) is 28.4. The first-order valence-corrected chi connectivity index (χ1v) is 18.0. The molecule has 0 radical (unpaired) electrons. The van der Waals surface area contributed by atoms with Crippen LogP contribution in [0.2, 0.25) is 0 Å². The number of pyridine rings is 1. The van der Waals surface area contributed by atoms with Gasteiger partial charge in [-0.25, -0.2) is 19.9 Å². The number of hydrogen-bond donors (Lipinski definition) is 0. The molecular formula is C46H26N4OS. The van der Waals surface area contributed by atoms with Crippen LogP contribution in [0.4, 0.5) is 0 Å². The van der Waals surface area contributed by atoms with E-state index < -0.39 is 0 Å². The molecule has 0 bridgehead atoms. The van der Waals surface area contributed by atoms with E-state index in [1.165, 1.54) is 25.6 Å². The van der Waals surface area contributed by atoms with Crippen molar-refractivity contribution >= 4 is 75.1 Å². The van der Waals surface area contributed by atoms with Gasteiger partial charge in [0.25, 0.3) is 0 Å². The lowest BCUT2D eigenvalue weighted by molar-refractivity contribution is 0.669. The summed E-state index contributed by atoms with van der Waals surface area (Å²) >= 11 is 1.83. The monoisotopic (exact) mass is 682 g/mol. The van der Waals surface area contributed by atoms with Crippen molar-refractivity contribution in [3.63, 3.8) is 0 Å². The first kappa shape index (κ1) is 29.0. The predicted molar refractivity (Wildman–Crippen MR) is 215 cm³/mol. The molecule has 0 unspecified atom stereocenters. The summed E-state index contributed by atoms with van der Waals surface area (Å²) in [5.41, 5.74) is 7.09. The Morgan fingerprint density at radius 1 is 0.404 bits per heavy atom. The van der Waals surface area contributed by atoms with Gasteiger partial charge in [0, 0.05) is 63.8 Å². The van der Waals surface area contributed by atoms with Gasteiger partial charge in [0.05, 0.1) is 16.8 Å². The minimum absolute atomic E-state index is 0.552. The zero-order chi connectivity index (χ0) is 34.2. The summed E-state index contributed by atoms with van der Waals surface area (Å²) in [4.78, 5) is 20.6. The zero-order valence-electron chi connectivity index (χ0n) is 27.6. The molecule has 11 rings (SSSR count). The lowest BCUT2D eigenvalue weighted by Gasteiger charge is -2.13. The molecule has 0 saturated heterocycles. The van der Waals surface area contributed by atoms with Crippen molar-refractivity contribution in [1.29, 1.82) is 0 Å². The Morgan fingerprint density at radius 2 is 1.08 bits per heavy atom. The number of nitrogens with zero attached hydrogens (tertiary/aromatic N) is 4. The first-order chi connectivity index (χ1) is 25.8. The molecule has 0 aliphatic rings. The lowest BCUT2D eigenvalue weighted by Crippen LogP contribution is -2.00. The molecule has 0 N–H and O–H groups in total. The average molecular weight is 683 g/mol. The molecule has 6 heteroatoms. The molecule has 0 spiro atoms. The van der Waals surface area contributed by atoms with Crippen LogP contribution in [0, 0.1) is 0 Å². The second-order valence-electron chi connectivity index (χ2n) is 13.0. The van der Waals surface area contributed by atoms with Crippen LogP contribution in [0.3, 0.4) is 0 Å². The standard InChI is InChI=1S/C46H26N4OS/c1-3-12-27(13-4-1)42-34-24-25-39-41(33-17-8-10-21-38(33)52-39)40(34)32-23-22-29(26-36(32)47-42)45-48-44(28-14-5-2-6-15-28)49-46(50-45)35-19-11-18-31-30-16-7-9-20-37(30)51-43(31)35/h1-26H. The molecule has 52 heavy (non-hydrogen) atoms. The third kappa shape index (κ3) is 4.48. The van der Waals surface area contributed by atoms with Gasteiger partial charge in [0.1, 0.15) is 11.2 Å². The van der Waals surface area contributed by atoms with E-state index in [1.807, 2.05) is 78.1 Å². The summed E-state index contributed by atoms with van der Waals surface area (Å²) in [6.07, 6.45) is 0. The van der Waals surface area contributed by atoms with E-state index in [9.17, 15) is 0 Å². The van der Waals surface area contributed by atoms with Gasteiger partial charge < -0.3 is 4.42 Å². The Labute approximate surface area is 301 Å². The maximum atomic E-state index is 6.43. The van der Waals surface area contributed by atoms with Crippen LogP contribution >= 0.6 is 11.3 Å². The van der Waals surface area contributed by atoms with Crippen molar-refractivity contribution in [3.05, 3.63) is 158 Å². The Kier molecular flexibility index (Phi) is 6.35. The van der Waals surface area contributed by atoms with Gasteiger partial charge >= 0.3 is 0 Å². The molecule has 0 aliphatic carbocycles. The highest BCUT2D eigenvalue weighted by atomic mass is 32.1. The number of fused-ring (bicyclic) bond motifs is 10. The molecule has 0 amide bonds. The fourth-order valence-corrected chi connectivity index (χ4v) is 8.64. The largest absolute Gasteiger partial charge is 0.455 e. The lowest BCUT2D eigenvalue weighted by atomic mass is 9.95. The fourth-order valence-electron chi connectivity index (χ4n) is 7.53. The summed E-state index contributed by atoms with van der Waals surface area (Å²) in [5, 5.41) is 8.06. The number of aromatic nitrogens is 4. The van der Waals surface area contributed by atoms with Crippen LogP contribution in [0.5, 0.6) is 0 Å². The van der Waals surface area contributed by atoms with Gasteiger partial charge in [-0.1, -0.05) is 127 Å². The molecule has 242 valence electrons. The van der Waals surface area contributed by atoms with Crippen LogP contribution < -0.4 is 0 Å². The van der Waals surface area contributed by atoms with Crippen LogP contribution in [0.1, 0.15) is 0 Å². The highest BCUT2D eigenvalue weighted by Gasteiger charge is 2.20. The molecule has 5 nitrogen and oxygen atoms in total. The highest BCUT2D eigenvalue weighted by Crippen LogP contribution is 2.44. The number of hydrogen-bond acceptors (Lipinski definition) is 6. The van der Waals surface area contributed by atoms with Gasteiger partial charge in [0.2, 0.25) is 0 Å². The highest BCUT2D eigenvalue weighted by molar-refractivity contribution is 7.26. The molecule has 0 atom stereocenters. The molecule has 0 aliphatic heterocycles. The average Bonchev–Trinajstić information content (AvgIpc) is 3.79. The summed E-state index contributed by atoms with van der Waals surface area (Å²) < 4.78 is 8.97. The Morgan fingerprint density at radius 3 is 1.92 bits per heavy atom. The molecule has 7 aromatic carbocycles. The van der Waals surface area contributed by atoms with E-state index >= 15 is 0 Å². The molecule has 0 fully saturated rings. The maximum Gasteiger partial charge on any atom is 0.167 e. The van der Waals surface area contributed by atoms with Crippen LogP contribution in [-0.2, 0) is 0 Å². The molecule has 11 aromatic rings. The maximum absolute atomic E-state index is 6.43. The van der Waals surface area contributed by atoms with Gasteiger partial charge in [-0.05, 0) is 30.3 Å².